The Morgan fingerprint density at radius 1 is 1.00 bits per heavy atom. The number of esters is 1. The summed E-state index contributed by atoms with van der Waals surface area (Å²) in [7, 11) is 1.33. The van der Waals surface area contributed by atoms with Gasteiger partial charge in [0.25, 0.3) is 0 Å². The number of carbonyl (C=O) groups is 2. The molecule has 3 rings (SSSR count). The van der Waals surface area contributed by atoms with E-state index < -0.39 is 11.6 Å². The van der Waals surface area contributed by atoms with Crippen molar-refractivity contribution >= 4 is 11.9 Å². The van der Waals surface area contributed by atoms with E-state index in [0.29, 0.717) is 31.1 Å². The van der Waals surface area contributed by atoms with Crippen molar-refractivity contribution < 1.29 is 19.1 Å². The molecule has 0 atom stereocenters. The lowest BCUT2D eigenvalue weighted by Crippen LogP contribution is -2.39. The predicted molar refractivity (Wildman–Crippen MR) is 140 cm³/mol. The SMILES string of the molecule is CCn1c(CCCc2ccc(OC(C)(C)C(=O)OC)cc2)nn(CC(=O)NCc2ccc(C)cc2)c1=O. The molecule has 0 unspecified atom stereocenters. The van der Waals surface area contributed by atoms with Crippen LogP contribution in [0.2, 0.25) is 0 Å². The van der Waals surface area contributed by atoms with Gasteiger partial charge in [0.05, 0.1) is 7.11 Å². The first-order chi connectivity index (χ1) is 17.6. The Kier molecular flexibility index (Phi) is 9.27. The summed E-state index contributed by atoms with van der Waals surface area (Å²) in [6, 6.07) is 15.5. The number of aryl methyl sites for hydroxylation is 3. The molecule has 2 aromatic carbocycles. The smallest absolute Gasteiger partial charge is 0.349 e. The molecular weight excluding hydrogens is 472 g/mol. The largest absolute Gasteiger partial charge is 0.476 e. The molecule has 0 spiro atoms. The van der Waals surface area contributed by atoms with Crippen LogP contribution in [-0.2, 0) is 46.8 Å². The summed E-state index contributed by atoms with van der Waals surface area (Å²) in [6.07, 6.45) is 2.17. The molecule has 0 fully saturated rings. The van der Waals surface area contributed by atoms with Crippen molar-refractivity contribution in [2.75, 3.05) is 7.11 Å². The third-order valence-corrected chi connectivity index (χ3v) is 6.06. The van der Waals surface area contributed by atoms with Crippen molar-refractivity contribution in [2.45, 2.75) is 72.2 Å². The summed E-state index contributed by atoms with van der Waals surface area (Å²) in [5, 5.41) is 7.29. The number of hydrogen-bond donors (Lipinski definition) is 1. The van der Waals surface area contributed by atoms with E-state index in [1.165, 1.54) is 11.8 Å². The summed E-state index contributed by atoms with van der Waals surface area (Å²) < 4.78 is 13.4. The predicted octanol–water partition coefficient (Wildman–Crippen LogP) is 3.20. The number of methoxy groups -OCH3 is 1. The van der Waals surface area contributed by atoms with Gasteiger partial charge in [-0.05, 0) is 63.8 Å². The first-order valence-electron chi connectivity index (χ1n) is 12.5. The van der Waals surface area contributed by atoms with E-state index in [1.807, 2.05) is 62.4 Å². The second kappa shape index (κ2) is 12.4. The van der Waals surface area contributed by atoms with Crippen LogP contribution in [0.15, 0.2) is 53.3 Å². The molecule has 0 aliphatic heterocycles. The number of nitrogens with zero attached hydrogens (tertiary/aromatic N) is 3. The molecule has 37 heavy (non-hydrogen) atoms. The Labute approximate surface area is 217 Å². The van der Waals surface area contributed by atoms with Gasteiger partial charge in [-0.25, -0.2) is 14.3 Å². The fourth-order valence-electron chi connectivity index (χ4n) is 3.95. The number of benzene rings is 2. The normalized spacial score (nSPS) is 11.3. The Balaban J connectivity index is 1.54. The van der Waals surface area contributed by atoms with Gasteiger partial charge in [-0.15, -0.1) is 0 Å². The van der Waals surface area contributed by atoms with Crippen LogP contribution in [0.5, 0.6) is 5.75 Å². The van der Waals surface area contributed by atoms with Crippen LogP contribution < -0.4 is 15.7 Å². The first-order valence-corrected chi connectivity index (χ1v) is 12.5. The van der Waals surface area contributed by atoms with Gasteiger partial charge in [-0.1, -0.05) is 42.0 Å². The molecule has 1 heterocycles. The minimum absolute atomic E-state index is 0.117. The van der Waals surface area contributed by atoms with Gasteiger partial charge in [0, 0.05) is 19.5 Å². The lowest BCUT2D eigenvalue weighted by molar-refractivity contribution is -0.156. The molecule has 3 aromatic rings. The Bertz CT molecular complexity index is 1260. The molecule has 1 aromatic heterocycles. The lowest BCUT2D eigenvalue weighted by atomic mass is 10.1. The summed E-state index contributed by atoms with van der Waals surface area (Å²) in [5.41, 5.74) is 1.90. The van der Waals surface area contributed by atoms with E-state index in [0.717, 1.165) is 29.5 Å². The zero-order valence-electron chi connectivity index (χ0n) is 22.2. The minimum atomic E-state index is -1.07. The first kappa shape index (κ1) is 27.7. The van der Waals surface area contributed by atoms with E-state index in [1.54, 1.807) is 18.4 Å². The number of ether oxygens (including phenoxy) is 2. The highest BCUT2D eigenvalue weighted by atomic mass is 16.6. The van der Waals surface area contributed by atoms with E-state index in [-0.39, 0.29) is 18.1 Å². The summed E-state index contributed by atoms with van der Waals surface area (Å²) in [5.74, 6) is 0.548. The second-order valence-corrected chi connectivity index (χ2v) is 9.46. The number of hydrogen-bond acceptors (Lipinski definition) is 6. The van der Waals surface area contributed by atoms with Crippen molar-refractivity contribution in [3.8, 4) is 5.75 Å². The highest BCUT2D eigenvalue weighted by molar-refractivity contribution is 5.78. The van der Waals surface area contributed by atoms with Crippen LogP contribution in [0.4, 0.5) is 0 Å². The van der Waals surface area contributed by atoms with Crippen LogP contribution in [-0.4, -0.2) is 38.9 Å². The van der Waals surface area contributed by atoms with E-state index in [2.05, 4.69) is 10.4 Å². The second-order valence-electron chi connectivity index (χ2n) is 9.46. The van der Waals surface area contributed by atoms with Crippen molar-refractivity contribution in [1.82, 2.24) is 19.7 Å². The molecule has 0 saturated heterocycles. The maximum atomic E-state index is 12.8. The number of rotatable bonds is 12. The van der Waals surface area contributed by atoms with E-state index in [9.17, 15) is 14.4 Å². The van der Waals surface area contributed by atoms with E-state index >= 15 is 0 Å². The number of nitrogens with one attached hydrogen (secondary N) is 1. The van der Waals surface area contributed by atoms with Crippen LogP contribution in [0.25, 0.3) is 0 Å². The molecule has 0 aliphatic carbocycles. The molecule has 0 bridgehead atoms. The highest BCUT2D eigenvalue weighted by Crippen LogP contribution is 2.20. The topological polar surface area (TPSA) is 104 Å². The maximum Gasteiger partial charge on any atom is 0.349 e. The zero-order valence-corrected chi connectivity index (χ0v) is 22.2. The van der Waals surface area contributed by atoms with Crippen LogP contribution in [0, 0.1) is 6.92 Å². The Morgan fingerprint density at radius 2 is 1.65 bits per heavy atom. The zero-order chi connectivity index (χ0) is 27.0. The number of amides is 1. The van der Waals surface area contributed by atoms with Gasteiger partial charge >= 0.3 is 11.7 Å². The highest BCUT2D eigenvalue weighted by Gasteiger charge is 2.31. The Morgan fingerprint density at radius 3 is 2.27 bits per heavy atom. The van der Waals surface area contributed by atoms with Crippen molar-refractivity contribution in [3.63, 3.8) is 0 Å². The quantitative estimate of drug-likeness (QED) is 0.377. The summed E-state index contributed by atoms with van der Waals surface area (Å²) in [6.45, 7) is 7.99. The van der Waals surface area contributed by atoms with Crippen LogP contribution in [0.3, 0.4) is 0 Å². The average molecular weight is 509 g/mol. The van der Waals surface area contributed by atoms with Gasteiger partial charge < -0.3 is 14.8 Å². The minimum Gasteiger partial charge on any atom is -0.476 e. The van der Waals surface area contributed by atoms with Gasteiger partial charge in [0.15, 0.2) is 5.60 Å². The fraction of sp³-hybridized carbons (Fsp3) is 0.429. The van der Waals surface area contributed by atoms with Crippen LogP contribution >= 0.6 is 0 Å². The molecule has 0 aliphatic rings. The average Bonchev–Trinajstić information content (AvgIpc) is 3.17. The van der Waals surface area contributed by atoms with Crippen molar-refractivity contribution in [2.24, 2.45) is 0 Å². The van der Waals surface area contributed by atoms with Crippen LogP contribution in [0.1, 0.15) is 49.7 Å². The number of carbonyl (C=O) groups excluding carboxylic acids is 2. The molecule has 9 nitrogen and oxygen atoms in total. The maximum absolute atomic E-state index is 12.8. The summed E-state index contributed by atoms with van der Waals surface area (Å²) >= 11 is 0. The molecule has 1 N–H and O–H groups in total. The molecule has 9 heteroatoms. The van der Waals surface area contributed by atoms with Gasteiger partial charge in [0.2, 0.25) is 5.91 Å². The third-order valence-electron chi connectivity index (χ3n) is 6.06. The van der Waals surface area contributed by atoms with Crippen molar-refractivity contribution in [1.29, 1.82) is 0 Å². The molecular formula is C28H36N4O5. The molecule has 0 radical (unpaired) electrons. The third kappa shape index (κ3) is 7.55. The summed E-state index contributed by atoms with van der Waals surface area (Å²) in [4.78, 5) is 37.0. The number of aromatic nitrogens is 3. The molecule has 1 amide bonds. The lowest BCUT2D eigenvalue weighted by Gasteiger charge is -2.23. The molecule has 0 saturated carbocycles. The fourth-order valence-corrected chi connectivity index (χ4v) is 3.95. The monoisotopic (exact) mass is 508 g/mol. The van der Waals surface area contributed by atoms with Gasteiger partial charge in [-0.3, -0.25) is 9.36 Å². The van der Waals surface area contributed by atoms with Gasteiger partial charge in [0.1, 0.15) is 18.1 Å². The standard InChI is InChI=1S/C28H36N4O5/c1-6-31-24(9-7-8-21-14-16-23(17-15-21)37-28(3,4)26(34)36-5)30-32(27(31)35)19-25(33)29-18-22-12-10-20(2)11-13-22/h10-17H,6-9,18-19H2,1-5H3,(H,29,33). The van der Waals surface area contributed by atoms with Crippen molar-refractivity contribution in [3.05, 3.63) is 81.5 Å². The Hall–Kier alpha value is -3.88. The van der Waals surface area contributed by atoms with E-state index in [4.69, 9.17) is 9.47 Å². The van der Waals surface area contributed by atoms with Gasteiger partial charge in [-0.2, -0.15) is 5.10 Å². The molecule has 198 valence electrons.